The summed E-state index contributed by atoms with van der Waals surface area (Å²) in [7, 11) is 0. The number of benzene rings is 1. The molecule has 3 aromatic heterocycles. The van der Waals surface area contributed by atoms with Crippen molar-refractivity contribution in [2.24, 2.45) is 5.73 Å². The highest BCUT2D eigenvalue weighted by Crippen LogP contribution is 2.35. The van der Waals surface area contributed by atoms with Crippen molar-refractivity contribution >= 4 is 39.0 Å². The van der Waals surface area contributed by atoms with E-state index in [0.717, 1.165) is 0 Å². The first-order valence-corrected chi connectivity index (χ1v) is 9.01. The highest BCUT2D eigenvalue weighted by Gasteiger charge is 2.21. The van der Waals surface area contributed by atoms with Crippen molar-refractivity contribution < 1.29 is 13.2 Å². The van der Waals surface area contributed by atoms with E-state index < -0.39 is 11.6 Å². The second-order valence-corrected chi connectivity index (χ2v) is 6.68. The highest BCUT2D eigenvalue weighted by molar-refractivity contribution is 9.10. The first-order valence-electron chi connectivity index (χ1n) is 8.22. The van der Waals surface area contributed by atoms with Crippen LogP contribution in [0.3, 0.4) is 0 Å². The molecule has 0 saturated carbocycles. The molecule has 0 radical (unpaired) electrons. The zero-order valence-electron chi connectivity index (χ0n) is 14.3. The Hall–Kier alpha value is -3.05. The van der Waals surface area contributed by atoms with Gasteiger partial charge in [0, 0.05) is 36.2 Å². The molecule has 28 heavy (non-hydrogen) atoms. The molecule has 0 atom stereocenters. The molecule has 1 aromatic carbocycles. The molecule has 4 N–H and O–H groups in total. The summed E-state index contributed by atoms with van der Waals surface area (Å²) >= 11 is 3.19. The molecule has 0 aliphatic rings. The van der Waals surface area contributed by atoms with Gasteiger partial charge in [0.15, 0.2) is 11.5 Å². The van der Waals surface area contributed by atoms with Gasteiger partial charge < -0.3 is 25.2 Å². The predicted molar refractivity (Wildman–Crippen MR) is 103 cm³/mol. The summed E-state index contributed by atoms with van der Waals surface area (Å²) in [5, 5.41) is 13.4. The summed E-state index contributed by atoms with van der Waals surface area (Å²) in [5.74, 6) is -1.19. The average molecular weight is 450 g/mol. The van der Waals surface area contributed by atoms with E-state index in [-0.39, 0.29) is 34.5 Å². The van der Waals surface area contributed by atoms with Gasteiger partial charge in [-0.15, -0.1) is 5.10 Å². The zero-order chi connectivity index (χ0) is 19.7. The fourth-order valence-corrected chi connectivity index (χ4v) is 2.95. The lowest BCUT2D eigenvalue weighted by Gasteiger charge is -2.13. The lowest BCUT2D eigenvalue weighted by molar-refractivity contribution is 0.579. The van der Waals surface area contributed by atoms with Crippen molar-refractivity contribution in [2.75, 3.05) is 23.7 Å². The fraction of sp³-hybridized carbons (Fsp3) is 0.118. The van der Waals surface area contributed by atoms with E-state index >= 15 is 4.39 Å². The van der Waals surface area contributed by atoms with Crippen LogP contribution in [0.2, 0.25) is 0 Å². The molecule has 0 unspecified atom stereocenters. The number of aromatic nitrogens is 4. The molecular weight excluding hydrogens is 436 g/mol. The Bertz CT molecular complexity index is 1140. The van der Waals surface area contributed by atoms with E-state index in [1.165, 1.54) is 22.7 Å². The quantitative estimate of drug-likeness (QED) is 0.413. The van der Waals surface area contributed by atoms with Gasteiger partial charge in [-0.2, -0.15) is 0 Å². The average Bonchev–Trinajstić information content (AvgIpc) is 3.33. The number of nitrogens with one attached hydrogen (secondary N) is 2. The van der Waals surface area contributed by atoms with E-state index in [9.17, 15) is 4.39 Å². The lowest BCUT2D eigenvalue weighted by atomic mass is 10.2. The molecule has 0 aliphatic carbocycles. The standard InChI is InChI=1S/C17H14BrF2N7O/c18-9-1-2-12(11(19)7-9)24-14-10(8-27-6-5-22-15(27)13(14)20)16-25-26-17(28-16)23-4-3-21/h1-2,5-8,24H,3-4,21H2,(H,23,26). The topological polar surface area (TPSA) is 106 Å². The fourth-order valence-electron chi connectivity index (χ4n) is 2.61. The van der Waals surface area contributed by atoms with Gasteiger partial charge in [-0.25, -0.2) is 13.8 Å². The van der Waals surface area contributed by atoms with Gasteiger partial charge in [-0.1, -0.05) is 21.0 Å². The summed E-state index contributed by atoms with van der Waals surface area (Å²) in [6.07, 6.45) is 4.61. The molecule has 0 saturated heterocycles. The number of halogens is 3. The normalized spacial score (nSPS) is 11.1. The first-order chi connectivity index (χ1) is 13.6. The van der Waals surface area contributed by atoms with E-state index in [1.54, 1.807) is 18.5 Å². The second kappa shape index (κ2) is 7.52. The lowest BCUT2D eigenvalue weighted by Crippen LogP contribution is -2.13. The monoisotopic (exact) mass is 449 g/mol. The molecule has 11 heteroatoms. The Morgan fingerprint density at radius 1 is 1.25 bits per heavy atom. The first kappa shape index (κ1) is 18.3. The van der Waals surface area contributed by atoms with Crippen LogP contribution < -0.4 is 16.4 Å². The molecule has 8 nitrogen and oxygen atoms in total. The van der Waals surface area contributed by atoms with Crippen LogP contribution in [0.4, 0.5) is 26.2 Å². The van der Waals surface area contributed by atoms with Crippen molar-refractivity contribution in [3.05, 3.63) is 52.9 Å². The van der Waals surface area contributed by atoms with Gasteiger partial charge in [-0.3, -0.25) is 0 Å². The number of nitrogens with zero attached hydrogens (tertiary/aromatic N) is 4. The van der Waals surface area contributed by atoms with Crippen LogP contribution in [0, 0.1) is 11.6 Å². The number of imidazole rings is 1. The third-order valence-corrected chi connectivity index (χ3v) is 4.38. The third-order valence-electron chi connectivity index (χ3n) is 3.89. The van der Waals surface area contributed by atoms with Crippen molar-refractivity contribution in [3.8, 4) is 11.5 Å². The van der Waals surface area contributed by atoms with Crippen LogP contribution >= 0.6 is 15.9 Å². The summed E-state index contributed by atoms with van der Waals surface area (Å²) in [6.45, 7) is 0.814. The van der Waals surface area contributed by atoms with Crippen LogP contribution in [-0.4, -0.2) is 32.7 Å². The van der Waals surface area contributed by atoms with Crippen molar-refractivity contribution in [3.63, 3.8) is 0 Å². The van der Waals surface area contributed by atoms with Crippen LogP contribution in [-0.2, 0) is 0 Å². The molecule has 0 bridgehead atoms. The Morgan fingerprint density at radius 2 is 2.11 bits per heavy atom. The van der Waals surface area contributed by atoms with E-state index in [0.29, 0.717) is 17.6 Å². The minimum atomic E-state index is -0.681. The van der Waals surface area contributed by atoms with Gasteiger partial charge in [0.1, 0.15) is 5.82 Å². The van der Waals surface area contributed by atoms with Gasteiger partial charge in [0.05, 0.1) is 16.9 Å². The maximum absolute atomic E-state index is 15.2. The molecule has 4 rings (SSSR count). The van der Waals surface area contributed by atoms with E-state index in [2.05, 4.69) is 41.7 Å². The molecular formula is C17H14BrF2N7O. The molecule has 0 aliphatic heterocycles. The Balaban J connectivity index is 1.82. The predicted octanol–water partition coefficient (Wildman–Crippen LogP) is 3.54. The minimum absolute atomic E-state index is 0.0334. The van der Waals surface area contributed by atoms with Crippen molar-refractivity contribution in [2.45, 2.75) is 0 Å². The van der Waals surface area contributed by atoms with Crippen molar-refractivity contribution in [1.29, 1.82) is 0 Å². The second-order valence-electron chi connectivity index (χ2n) is 5.77. The number of fused-ring (bicyclic) bond motifs is 1. The highest BCUT2D eigenvalue weighted by atomic mass is 79.9. The smallest absolute Gasteiger partial charge is 0.315 e. The van der Waals surface area contributed by atoms with Gasteiger partial charge >= 0.3 is 6.01 Å². The third kappa shape index (κ3) is 3.41. The Kier molecular flexibility index (Phi) is 4.92. The Labute approximate surface area is 165 Å². The van der Waals surface area contributed by atoms with Crippen molar-refractivity contribution in [1.82, 2.24) is 19.6 Å². The SMILES string of the molecule is NCCNc1nnc(-c2cn3ccnc3c(F)c2Nc2ccc(Br)cc2F)o1. The number of hydrogen-bond donors (Lipinski definition) is 3. The van der Waals surface area contributed by atoms with Crippen LogP contribution in [0.5, 0.6) is 0 Å². The minimum Gasteiger partial charge on any atom is -0.403 e. The molecule has 3 heterocycles. The van der Waals surface area contributed by atoms with E-state index in [4.69, 9.17) is 10.2 Å². The summed E-state index contributed by atoms with van der Waals surface area (Å²) in [6, 6.07) is 4.54. The maximum atomic E-state index is 15.2. The molecule has 0 amide bonds. The summed E-state index contributed by atoms with van der Waals surface area (Å²) in [5.41, 5.74) is 5.81. The van der Waals surface area contributed by atoms with Gasteiger partial charge in [-0.05, 0) is 18.2 Å². The number of hydrogen-bond acceptors (Lipinski definition) is 7. The molecule has 0 spiro atoms. The largest absolute Gasteiger partial charge is 0.403 e. The molecule has 4 aromatic rings. The molecule has 144 valence electrons. The molecule has 0 fully saturated rings. The van der Waals surface area contributed by atoms with Crippen LogP contribution in [0.25, 0.3) is 17.1 Å². The van der Waals surface area contributed by atoms with Crippen LogP contribution in [0.1, 0.15) is 0 Å². The van der Waals surface area contributed by atoms with Crippen LogP contribution in [0.15, 0.2) is 45.7 Å². The summed E-state index contributed by atoms with van der Waals surface area (Å²) in [4.78, 5) is 3.99. The van der Waals surface area contributed by atoms with Gasteiger partial charge in [0.2, 0.25) is 0 Å². The number of rotatable bonds is 6. The van der Waals surface area contributed by atoms with E-state index in [1.807, 2.05) is 0 Å². The number of anilines is 3. The number of nitrogens with two attached hydrogens (primary N) is 1. The zero-order valence-corrected chi connectivity index (χ0v) is 15.9. The summed E-state index contributed by atoms with van der Waals surface area (Å²) < 4.78 is 37.0. The maximum Gasteiger partial charge on any atom is 0.315 e. The van der Waals surface area contributed by atoms with Gasteiger partial charge in [0.25, 0.3) is 5.89 Å². The Morgan fingerprint density at radius 3 is 2.89 bits per heavy atom. The number of pyridine rings is 1.